The van der Waals surface area contributed by atoms with Gasteiger partial charge in [0.15, 0.2) is 5.78 Å². The summed E-state index contributed by atoms with van der Waals surface area (Å²) < 4.78 is 13.7. The topological polar surface area (TPSA) is 91.0 Å². The maximum atomic E-state index is 13.7. The summed E-state index contributed by atoms with van der Waals surface area (Å²) in [5.41, 5.74) is 7.71. The zero-order valence-electron chi connectivity index (χ0n) is 21.3. The second kappa shape index (κ2) is 8.47. The van der Waals surface area contributed by atoms with Gasteiger partial charge in [0.1, 0.15) is 19.1 Å². The van der Waals surface area contributed by atoms with E-state index < -0.39 is 12.3 Å². The summed E-state index contributed by atoms with van der Waals surface area (Å²) in [6, 6.07) is 0. The van der Waals surface area contributed by atoms with E-state index in [2.05, 4.69) is 31.3 Å². The van der Waals surface area contributed by atoms with E-state index in [1.165, 1.54) is 0 Å². The smallest absolute Gasteiger partial charge is 0.159 e. The van der Waals surface area contributed by atoms with E-state index in [1.807, 2.05) is 0 Å². The number of ketones is 1. The fraction of sp³-hybridized carbons (Fsp3) is 0.923. The Morgan fingerprint density at radius 3 is 2.48 bits per heavy atom. The van der Waals surface area contributed by atoms with Gasteiger partial charge in [-0.05, 0) is 98.7 Å². The Morgan fingerprint density at radius 2 is 1.85 bits per heavy atom. The number of hydrogen-bond donors (Lipinski definition) is 3. The zero-order valence-corrected chi connectivity index (χ0v) is 21.3. The molecule has 0 heterocycles. The van der Waals surface area contributed by atoms with Crippen molar-refractivity contribution in [2.24, 2.45) is 50.8 Å². The van der Waals surface area contributed by atoms with Crippen molar-refractivity contribution < 1.29 is 14.3 Å². The highest BCUT2D eigenvalue weighted by Gasteiger charge is 2.65. The number of hydrogen-bond acceptors (Lipinski definition) is 5. The molecular weight excluding hydrogens is 419 g/mol. The fourth-order valence-corrected chi connectivity index (χ4v) is 9.04. The highest BCUT2D eigenvalue weighted by atomic mass is 19.1. The van der Waals surface area contributed by atoms with Crippen LogP contribution >= 0.6 is 0 Å². The molecule has 4 aliphatic rings. The number of hydrazine groups is 1. The average molecular weight is 465 g/mol. The van der Waals surface area contributed by atoms with Gasteiger partial charge in [0, 0.05) is 13.0 Å². The van der Waals surface area contributed by atoms with Gasteiger partial charge < -0.3 is 10.8 Å². The molecular formula is C26H45FN4O2. The molecule has 0 radical (unpaired) electrons. The summed E-state index contributed by atoms with van der Waals surface area (Å²) in [5, 5.41) is 16.6. The van der Waals surface area contributed by atoms with Gasteiger partial charge in [0.05, 0.1) is 5.60 Å². The van der Waals surface area contributed by atoms with Crippen molar-refractivity contribution in [2.45, 2.75) is 91.1 Å². The number of carbonyl (C=O) groups excluding carboxylic acids is 1. The average Bonchev–Trinajstić information content (AvgIpc) is 3.11. The van der Waals surface area contributed by atoms with Crippen LogP contribution in [-0.4, -0.2) is 47.7 Å². The normalized spacial score (nSPS) is 47.4. The molecule has 0 aromatic heterocycles. The van der Waals surface area contributed by atoms with E-state index in [9.17, 15) is 14.3 Å². The Balaban J connectivity index is 1.53. The number of fused-ring (bicyclic) bond motifs is 5. The van der Waals surface area contributed by atoms with Crippen molar-refractivity contribution in [1.82, 2.24) is 10.5 Å². The van der Waals surface area contributed by atoms with Crippen LogP contribution in [0.2, 0.25) is 0 Å². The Labute approximate surface area is 198 Å². The molecule has 8 atom stereocenters. The van der Waals surface area contributed by atoms with Crippen LogP contribution in [0.25, 0.3) is 0 Å². The molecule has 0 amide bonds. The summed E-state index contributed by atoms with van der Waals surface area (Å²) in [6.45, 7) is 8.44. The first kappa shape index (κ1) is 24.9. The van der Waals surface area contributed by atoms with Gasteiger partial charge in [-0.1, -0.05) is 20.8 Å². The number of halogens is 1. The first-order chi connectivity index (χ1) is 15.4. The lowest BCUT2D eigenvalue weighted by molar-refractivity contribution is -0.196. The number of amidine groups is 1. The molecule has 33 heavy (non-hydrogen) atoms. The summed E-state index contributed by atoms with van der Waals surface area (Å²) in [7, 11) is 1.76. The minimum Gasteiger partial charge on any atom is -0.387 e. The van der Waals surface area contributed by atoms with Crippen LogP contribution in [0.1, 0.15) is 85.5 Å². The number of hydrazone groups is 1. The van der Waals surface area contributed by atoms with E-state index in [0.29, 0.717) is 36.4 Å². The van der Waals surface area contributed by atoms with Crippen LogP contribution < -0.4 is 11.2 Å². The number of Topliss-reactive ketones (excluding diaryl/α,β-unsaturated/α-hetero) is 1. The highest BCUT2D eigenvalue weighted by Crippen LogP contribution is 2.71. The standard InChI is InChI=1S/C26H45FN4O2/c1-17(28)30-31(29-5)14-22(32)21-7-6-19-18-8-10-23(2)15-26(33,16-27)13-12-25(23,4)20(18)9-11-24(19,21)3/h18-21,29,33H,6-16H2,1-5H3,(H2,28,30). The molecule has 6 nitrogen and oxygen atoms in total. The largest absolute Gasteiger partial charge is 0.387 e. The van der Waals surface area contributed by atoms with Crippen molar-refractivity contribution in [2.75, 3.05) is 20.3 Å². The molecule has 4 aliphatic carbocycles. The maximum Gasteiger partial charge on any atom is 0.159 e. The third-order valence-corrected chi connectivity index (χ3v) is 11.0. The van der Waals surface area contributed by atoms with Crippen LogP contribution in [0.5, 0.6) is 0 Å². The van der Waals surface area contributed by atoms with E-state index in [4.69, 9.17) is 5.73 Å². The van der Waals surface area contributed by atoms with Crippen LogP contribution in [-0.2, 0) is 4.79 Å². The molecule has 0 aromatic rings. The Kier molecular flexibility index (Phi) is 6.39. The van der Waals surface area contributed by atoms with Gasteiger partial charge in [-0.2, -0.15) is 0 Å². The van der Waals surface area contributed by atoms with Crippen molar-refractivity contribution in [3.63, 3.8) is 0 Å². The predicted molar refractivity (Wildman–Crippen MR) is 129 cm³/mol. The lowest BCUT2D eigenvalue weighted by Gasteiger charge is -2.66. The number of aliphatic hydroxyl groups is 1. The second-order valence-electron chi connectivity index (χ2n) is 12.6. The molecule has 0 aromatic carbocycles. The van der Waals surface area contributed by atoms with Gasteiger partial charge in [0.2, 0.25) is 0 Å². The fourth-order valence-electron chi connectivity index (χ4n) is 9.04. The van der Waals surface area contributed by atoms with Crippen molar-refractivity contribution in [3.05, 3.63) is 0 Å². The number of rotatable bonds is 6. The van der Waals surface area contributed by atoms with Gasteiger partial charge in [-0.15, -0.1) is 5.10 Å². The van der Waals surface area contributed by atoms with Crippen LogP contribution in [0.4, 0.5) is 4.39 Å². The molecule has 7 heteroatoms. The molecule has 0 bridgehead atoms. The molecule has 4 saturated carbocycles. The molecule has 0 aliphatic heterocycles. The summed E-state index contributed by atoms with van der Waals surface area (Å²) in [6.07, 6.45) is 8.54. The van der Waals surface area contributed by atoms with E-state index >= 15 is 0 Å². The molecule has 0 saturated heterocycles. The van der Waals surface area contributed by atoms with Gasteiger partial charge in [0.25, 0.3) is 0 Å². The minimum atomic E-state index is -1.14. The zero-order chi connectivity index (χ0) is 24.2. The third kappa shape index (κ3) is 3.91. The van der Waals surface area contributed by atoms with Crippen molar-refractivity contribution in [3.8, 4) is 0 Å². The number of alkyl halides is 1. The second-order valence-corrected chi connectivity index (χ2v) is 12.6. The summed E-state index contributed by atoms with van der Waals surface area (Å²) >= 11 is 0. The molecule has 4 N–H and O–H groups in total. The SMILES string of the molecule is CNN(CC(=O)C1CCC2C3CCC4(C)CC(O)(CF)CCC4(C)C3CCC12C)N=C(C)N. The van der Waals surface area contributed by atoms with Gasteiger partial charge >= 0.3 is 0 Å². The van der Waals surface area contributed by atoms with Crippen molar-refractivity contribution in [1.29, 1.82) is 0 Å². The van der Waals surface area contributed by atoms with Crippen LogP contribution in [0, 0.1) is 39.9 Å². The first-order valence-corrected chi connectivity index (χ1v) is 13.0. The molecule has 188 valence electrons. The quantitative estimate of drug-likeness (QED) is 0.314. The number of nitrogens with zero attached hydrogens (tertiary/aromatic N) is 2. The van der Waals surface area contributed by atoms with Gasteiger partial charge in [-0.25, -0.2) is 14.9 Å². The summed E-state index contributed by atoms with van der Waals surface area (Å²) in [4.78, 5) is 13.4. The van der Waals surface area contributed by atoms with E-state index in [-0.39, 0.29) is 34.5 Å². The Hall–Kier alpha value is -1.21. The predicted octanol–water partition coefficient (Wildman–Crippen LogP) is 4.03. The Bertz CT molecular complexity index is 803. The molecule has 8 unspecified atom stereocenters. The van der Waals surface area contributed by atoms with Gasteiger partial charge in [-0.3, -0.25) is 4.79 Å². The first-order valence-electron chi connectivity index (χ1n) is 13.0. The lowest BCUT2D eigenvalue weighted by Crippen LogP contribution is -2.61. The highest BCUT2D eigenvalue weighted by molar-refractivity contribution is 5.84. The van der Waals surface area contributed by atoms with Crippen LogP contribution in [0.3, 0.4) is 0 Å². The van der Waals surface area contributed by atoms with E-state index in [0.717, 1.165) is 44.9 Å². The van der Waals surface area contributed by atoms with Crippen molar-refractivity contribution >= 4 is 11.6 Å². The molecule has 4 fully saturated rings. The van der Waals surface area contributed by atoms with Crippen LogP contribution in [0.15, 0.2) is 5.10 Å². The number of nitrogens with one attached hydrogen (secondary N) is 1. The number of carbonyl (C=O) groups is 1. The third-order valence-electron chi connectivity index (χ3n) is 11.0. The Morgan fingerprint density at radius 1 is 1.12 bits per heavy atom. The monoisotopic (exact) mass is 464 g/mol. The lowest BCUT2D eigenvalue weighted by atomic mass is 9.39. The molecule has 0 spiro atoms. The summed E-state index contributed by atoms with van der Waals surface area (Å²) in [5.74, 6) is 2.55. The number of nitrogens with two attached hydrogens (primary N) is 1. The van der Waals surface area contributed by atoms with E-state index in [1.54, 1.807) is 19.1 Å². The maximum absolute atomic E-state index is 13.7. The minimum absolute atomic E-state index is 0.0137. The molecule has 4 rings (SSSR count).